The third kappa shape index (κ3) is 3.50. The minimum absolute atomic E-state index is 0.233. The molecule has 0 saturated heterocycles. The van der Waals surface area contributed by atoms with Crippen molar-refractivity contribution in [1.29, 1.82) is 0 Å². The van der Waals surface area contributed by atoms with Crippen molar-refractivity contribution in [1.82, 2.24) is 0 Å². The number of amides is 1. The number of carbonyl (C=O) groups excluding carboxylic acids is 1. The van der Waals surface area contributed by atoms with Gasteiger partial charge in [0.2, 0.25) is 5.91 Å². The van der Waals surface area contributed by atoms with E-state index in [9.17, 15) is 13.6 Å². The van der Waals surface area contributed by atoms with Gasteiger partial charge in [0.25, 0.3) is 0 Å². The highest BCUT2D eigenvalue weighted by atomic mass is 19.2. The van der Waals surface area contributed by atoms with E-state index in [1.54, 1.807) is 6.92 Å². The van der Waals surface area contributed by atoms with Gasteiger partial charge in [-0.25, -0.2) is 8.78 Å². The molecular weight excluding hydrogens is 298 g/mol. The van der Waals surface area contributed by atoms with Gasteiger partial charge >= 0.3 is 0 Å². The predicted octanol–water partition coefficient (Wildman–Crippen LogP) is 3.89. The Morgan fingerprint density at radius 3 is 2.52 bits per heavy atom. The zero-order valence-corrected chi connectivity index (χ0v) is 12.8. The first-order chi connectivity index (χ1) is 11.0. The summed E-state index contributed by atoms with van der Waals surface area (Å²) < 4.78 is 26.1. The number of nitrogens with one attached hydrogen (secondary N) is 2. The molecule has 2 aromatic rings. The molecule has 2 N–H and O–H groups in total. The Hall–Kier alpha value is -2.43. The number of fused-ring (bicyclic) bond motifs is 1. The quantitative estimate of drug-likeness (QED) is 0.898. The highest BCUT2D eigenvalue weighted by Crippen LogP contribution is 2.25. The lowest BCUT2D eigenvalue weighted by atomic mass is 10.1. The number of anilines is 2. The lowest BCUT2D eigenvalue weighted by Crippen LogP contribution is -2.31. The van der Waals surface area contributed by atoms with Crippen molar-refractivity contribution in [3.8, 4) is 0 Å². The first-order valence-corrected chi connectivity index (χ1v) is 7.67. The molecule has 0 unspecified atom stereocenters. The largest absolute Gasteiger partial charge is 0.374 e. The van der Waals surface area contributed by atoms with Crippen molar-refractivity contribution in [3.05, 3.63) is 59.2 Å². The first-order valence-electron chi connectivity index (χ1n) is 7.67. The Bertz CT molecular complexity index is 746. The van der Waals surface area contributed by atoms with Gasteiger partial charge in [-0.15, -0.1) is 0 Å². The van der Waals surface area contributed by atoms with E-state index in [0.717, 1.165) is 30.7 Å². The summed E-state index contributed by atoms with van der Waals surface area (Å²) in [7, 11) is 0. The van der Waals surface area contributed by atoms with Gasteiger partial charge in [-0.05, 0) is 61.6 Å². The van der Waals surface area contributed by atoms with Crippen LogP contribution in [0.4, 0.5) is 20.2 Å². The Morgan fingerprint density at radius 1 is 1.00 bits per heavy atom. The average molecular weight is 316 g/mol. The maximum Gasteiger partial charge on any atom is 0.246 e. The molecule has 0 fully saturated rings. The van der Waals surface area contributed by atoms with Crippen LogP contribution >= 0.6 is 0 Å². The van der Waals surface area contributed by atoms with Crippen molar-refractivity contribution in [2.24, 2.45) is 0 Å². The predicted molar refractivity (Wildman–Crippen MR) is 86.5 cm³/mol. The Kier molecular flexibility index (Phi) is 4.28. The summed E-state index contributed by atoms with van der Waals surface area (Å²) in [5, 5.41) is 5.71. The summed E-state index contributed by atoms with van der Waals surface area (Å²) in [6.07, 6.45) is 3.35. The van der Waals surface area contributed by atoms with Crippen molar-refractivity contribution in [2.45, 2.75) is 32.2 Å². The molecule has 2 aromatic carbocycles. The molecule has 23 heavy (non-hydrogen) atoms. The van der Waals surface area contributed by atoms with Gasteiger partial charge in [0, 0.05) is 17.4 Å². The smallest absolute Gasteiger partial charge is 0.246 e. The molecule has 120 valence electrons. The van der Waals surface area contributed by atoms with Crippen LogP contribution in [0, 0.1) is 11.6 Å². The standard InChI is InChI=1S/C18H18F2N2O/c1-11(18(23)22-15-7-8-16(19)17(20)10-15)21-14-6-5-12-3-2-4-13(12)9-14/h5-11,21H,2-4H2,1H3,(H,22,23)/t11-/m1/s1. The van der Waals surface area contributed by atoms with E-state index in [0.29, 0.717) is 0 Å². The maximum absolute atomic E-state index is 13.2. The van der Waals surface area contributed by atoms with Crippen LogP contribution in [0.25, 0.3) is 0 Å². The summed E-state index contributed by atoms with van der Waals surface area (Å²) in [5.41, 5.74) is 3.81. The van der Waals surface area contributed by atoms with Crippen LogP contribution in [-0.2, 0) is 17.6 Å². The van der Waals surface area contributed by atoms with Crippen LogP contribution in [0.5, 0.6) is 0 Å². The van der Waals surface area contributed by atoms with Gasteiger partial charge < -0.3 is 10.6 Å². The van der Waals surface area contributed by atoms with E-state index in [-0.39, 0.29) is 11.6 Å². The van der Waals surface area contributed by atoms with E-state index in [1.165, 1.54) is 23.6 Å². The van der Waals surface area contributed by atoms with E-state index >= 15 is 0 Å². The molecular formula is C18H18F2N2O. The molecule has 0 heterocycles. The van der Waals surface area contributed by atoms with Crippen LogP contribution in [-0.4, -0.2) is 11.9 Å². The zero-order chi connectivity index (χ0) is 16.4. The van der Waals surface area contributed by atoms with Crippen molar-refractivity contribution < 1.29 is 13.6 Å². The number of hydrogen-bond acceptors (Lipinski definition) is 2. The number of hydrogen-bond donors (Lipinski definition) is 2. The number of benzene rings is 2. The topological polar surface area (TPSA) is 41.1 Å². The minimum atomic E-state index is -0.984. The molecule has 1 amide bonds. The van der Waals surface area contributed by atoms with Gasteiger partial charge in [0.05, 0.1) is 0 Å². The third-order valence-electron chi connectivity index (χ3n) is 4.06. The Balaban J connectivity index is 1.64. The van der Waals surface area contributed by atoms with E-state index in [1.807, 2.05) is 6.07 Å². The van der Waals surface area contributed by atoms with Gasteiger partial charge in [0.15, 0.2) is 11.6 Å². The molecule has 0 bridgehead atoms. The monoisotopic (exact) mass is 316 g/mol. The molecule has 1 atom stereocenters. The highest BCUT2D eigenvalue weighted by molar-refractivity contribution is 5.96. The van der Waals surface area contributed by atoms with Gasteiger partial charge in [-0.3, -0.25) is 4.79 Å². The molecule has 0 saturated carbocycles. The molecule has 0 aromatic heterocycles. The molecule has 0 spiro atoms. The van der Waals surface area contributed by atoms with Crippen molar-refractivity contribution >= 4 is 17.3 Å². The number of aryl methyl sites for hydroxylation is 2. The fraction of sp³-hybridized carbons (Fsp3) is 0.278. The second-order valence-electron chi connectivity index (χ2n) is 5.82. The fourth-order valence-electron chi connectivity index (χ4n) is 2.80. The van der Waals surface area contributed by atoms with Gasteiger partial charge in [-0.1, -0.05) is 6.07 Å². The second kappa shape index (κ2) is 6.36. The van der Waals surface area contributed by atoms with Crippen molar-refractivity contribution in [3.63, 3.8) is 0 Å². The summed E-state index contributed by atoms with van der Waals surface area (Å²) in [4.78, 5) is 12.2. The number of halogens is 2. The lowest BCUT2D eigenvalue weighted by Gasteiger charge is -2.16. The summed E-state index contributed by atoms with van der Waals surface area (Å²) in [5.74, 6) is -2.23. The zero-order valence-electron chi connectivity index (χ0n) is 12.8. The highest BCUT2D eigenvalue weighted by Gasteiger charge is 2.16. The van der Waals surface area contributed by atoms with Crippen LogP contribution in [0.3, 0.4) is 0 Å². The molecule has 0 aliphatic heterocycles. The Labute approximate surface area is 133 Å². The number of carbonyl (C=O) groups is 1. The van der Waals surface area contributed by atoms with Gasteiger partial charge in [0.1, 0.15) is 6.04 Å². The second-order valence-corrected chi connectivity index (χ2v) is 5.82. The van der Waals surface area contributed by atoms with E-state index in [4.69, 9.17) is 0 Å². The summed E-state index contributed by atoms with van der Waals surface area (Å²) in [6, 6.07) is 8.92. The molecule has 5 heteroatoms. The molecule has 3 rings (SSSR count). The summed E-state index contributed by atoms with van der Waals surface area (Å²) in [6.45, 7) is 1.72. The first kappa shape index (κ1) is 15.5. The molecule has 1 aliphatic rings. The lowest BCUT2D eigenvalue weighted by molar-refractivity contribution is -0.116. The molecule has 3 nitrogen and oxygen atoms in total. The Morgan fingerprint density at radius 2 is 1.74 bits per heavy atom. The van der Waals surface area contributed by atoms with Crippen LogP contribution in [0.1, 0.15) is 24.5 Å². The van der Waals surface area contributed by atoms with E-state index < -0.39 is 17.7 Å². The maximum atomic E-state index is 13.2. The van der Waals surface area contributed by atoms with Crippen LogP contribution in [0.15, 0.2) is 36.4 Å². The number of rotatable bonds is 4. The molecule has 0 radical (unpaired) electrons. The van der Waals surface area contributed by atoms with Crippen molar-refractivity contribution in [2.75, 3.05) is 10.6 Å². The van der Waals surface area contributed by atoms with Crippen LogP contribution in [0.2, 0.25) is 0 Å². The average Bonchev–Trinajstić information content (AvgIpc) is 2.98. The minimum Gasteiger partial charge on any atom is -0.374 e. The van der Waals surface area contributed by atoms with E-state index in [2.05, 4.69) is 22.8 Å². The van der Waals surface area contributed by atoms with Crippen LogP contribution < -0.4 is 10.6 Å². The molecule has 1 aliphatic carbocycles. The normalized spacial score (nSPS) is 14.2. The SMILES string of the molecule is C[C@@H](Nc1ccc2c(c1)CCC2)C(=O)Nc1ccc(F)c(F)c1. The summed E-state index contributed by atoms with van der Waals surface area (Å²) >= 11 is 0. The third-order valence-corrected chi connectivity index (χ3v) is 4.06. The fourth-order valence-corrected chi connectivity index (χ4v) is 2.80. The van der Waals surface area contributed by atoms with Gasteiger partial charge in [-0.2, -0.15) is 0 Å².